The van der Waals surface area contributed by atoms with Crippen molar-refractivity contribution in [3.8, 4) is 0 Å². The first kappa shape index (κ1) is 23.2. The van der Waals surface area contributed by atoms with Crippen molar-refractivity contribution in [3.05, 3.63) is 99.2 Å². The molecule has 0 aliphatic carbocycles. The van der Waals surface area contributed by atoms with Crippen molar-refractivity contribution in [2.24, 2.45) is 0 Å². The maximum absolute atomic E-state index is 12.9. The van der Waals surface area contributed by atoms with Crippen LogP contribution in [-0.2, 0) is 24.4 Å². The highest BCUT2D eigenvalue weighted by Gasteiger charge is 2.12. The van der Waals surface area contributed by atoms with Crippen molar-refractivity contribution in [1.82, 2.24) is 34.2 Å². The predicted octanol–water partition coefficient (Wildman–Crippen LogP) is 1.87. The quantitative estimate of drug-likeness (QED) is 0.360. The van der Waals surface area contributed by atoms with Gasteiger partial charge < -0.3 is 5.32 Å². The zero-order chi connectivity index (χ0) is 25.1. The molecule has 36 heavy (non-hydrogen) atoms. The van der Waals surface area contributed by atoms with Crippen LogP contribution in [0.15, 0.2) is 77.0 Å². The first-order chi connectivity index (χ1) is 17.5. The van der Waals surface area contributed by atoms with Gasteiger partial charge in [0.15, 0.2) is 5.65 Å². The number of carbonyl (C=O) groups is 1. The molecule has 0 aliphatic heterocycles. The van der Waals surface area contributed by atoms with Crippen LogP contribution in [0.4, 0.5) is 0 Å². The van der Waals surface area contributed by atoms with Gasteiger partial charge in [0.2, 0.25) is 5.91 Å². The van der Waals surface area contributed by atoms with E-state index in [1.165, 1.54) is 23.4 Å². The van der Waals surface area contributed by atoms with E-state index < -0.39 is 0 Å². The Morgan fingerprint density at radius 2 is 1.64 bits per heavy atom. The van der Waals surface area contributed by atoms with Gasteiger partial charge in [0.05, 0.1) is 36.5 Å². The zero-order valence-corrected chi connectivity index (χ0v) is 19.8. The minimum atomic E-state index is -0.194. The number of benzene rings is 2. The molecular weight excluding hydrogens is 458 g/mol. The third-order valence-electron chi connectivity index (χ3n) is 6.18. The summed E-state index contributed by atoms with van der Waals surface area (Å²) in [5.41, 5.74) is 2.94. The molecule has 10 nitrogen and oxygen atoms in total. The smallest absolute Gasteiger partial charge is 0.264 e. The summed E-state index contributed by atoms with van der Waals surface area (Å²) in [6.07, 6.45) is 4.65. The molecule has 2 aromatic carbocycles. The van der Waals surface area contributed by atoms with Gasteiger partial charge in [0.1, 0.15) is 11.7 Å². The number of nitrogens with one attached hydrogen (secondary N) is 1. The van der Waals surface area contributed by atoms with Crippen LogP contribution in [0.5, 0.6) is 0 Å². The highest BCUT2D eigenvalue weighted by Crippen LogP contribution is 2.10. The minimum Gasteiger partial charge on any atom is -0.354 e. The molecule has 0 spiro atoms. The summed E-state index contributed by atoms with van der Waals surface area (Å²) in [7, 11) is 0. The van der Waals surface area contributed by atoms with Crippen LogP contribution < -0.4 is 16.4 Å². The fourth-order valence-electron chi connectivity index (χ4n) is 4.12. The van der Waals surface area contributed by atoms with Crippen LogP contribution in [0.25, 0.3) is 21.9 Å². The summed E-state index contributed by atoms with van der Waals surface area (Å²) < 4.78 is 4.61. The second-order valence-electron chi connectivity index (χ2n) is 8.57. The average Bonchev–Trinajstić information content (AvgIpc) is 3.30. The molecule has 10 heteroatoms. The van der Waals surface area contributed by atoms with Gasteiger partial charge in [-0.15, -0.1) is 0 Å². The van der Waals surface area contributed by atoms with Crippen molar-refractivity contribution in [1.29, 1.82) is 0 Å². The highest BCUT2D eigenvalue weighted by molar-refractivity contribution is 5.77. The van der Waals surface area contributed by atoms with Crippen molar-refractivity contribution >= 4 is 27.8 Å². The number of rotatable bonds is 8. The van der Waals surface area contributed by atoms with Crippen molar-refractivity contribution in [2.45, 2.75) is 33.0 Å². The number of aromatic nitrogens is 6. The van der Waals surface area contributed by atoms with Gasteiger partial charge in [-0.3, -0.25) is 23.5 Å². The molecule has 0 saturated carbocycles. The van der Waals surface area contributed by atoms with Crippen LogP contribution in [0.2, 0.25) is 0 Å². The Kier molecular flexibility index (Phi) is 6.40. The maximum Gasteiger partial charge on any atom is 0.264 e. The zero-order valence-electron chi connectivity index (χ0n) is 19.8. The van der Waals surface area contributed by atoms with Gasteiger partial charge in [-0.25, -0.2) is 14.6 Å². The molecule has 3 aromatic heterocycles. The normalized spacial score (nSPS) is 11.2. The van der Waals surface area contributed by atoms with E-state index in [0.717, 1.165) is 11.1 Å². The molecule has 3 heterocycles. The Balaban J connectivity index is 1.19. The average molecular weight is 484 g/mol. The van der Waals surface area contributed by atoms with E-state index in [2.05, 4.69) is 20.4 Å². The van der Waals surface area contributed by atoms with Gasteiger partial charge >= 0.3 is 0 Å². The molecule has 0 saturated heterocycles. The second-order valence-corrected chi connectivity index (χ2v) is 8.57. The molecule has 5 rings (SSSR count). The first-order valence-electron chi connectivity index (χ1n) is 11.7. The number of hydrogen-bond acceptors (Lipinski definition) is 6. The Hall–Kier alpha value is -4.60. The molecule has 0 unspecified atom stereocenters. The number of amides is 1. The predicted molar refractivity (Wildman–Crippen MR) is 136 cm³/mol. The standard InChI is InChI=1S/C26H25N7O3/c1-18-6-2-3-7-19(18)15-32-17-29-24-21(26(32)36)14-30-33(24)13-11-27-23(34)10-12-31-16-28-22-9-5-4-8-20(22)25(31)35/h2-9,14,16-17H,10-13,15H2,1H3,(H,27,34). The number of nitrogens with zero attached hydrogens (tertiary/aromatic N) is 6. The van der Waals surface area contributed by atoms with E-state index >= 15 is 0 Å². The molecule has 0 aliphatic rings. The van der Waals surface area contributed by atoms with Gasteiger partial charge in [0, 0.05) is 19.5 Å². The van der Waals surface area contributed by atoms with Crippen LogP contribution in [-0.4, -0.2) is 41.3 Å². The van der Waals surface area contributed by atoms with Crippen LogP contribution in [0.1, 0.15) is 17.5 Å². The Labute approximate surface area is 205 Å². The lowest BCUT2D eigenvalue weighted by atomic mass is 10.1. The van der Waals surface area contributed by atoms with E-state index in [1.807, 2.05) is 37.3 Å². The molecule has 5 aromatic rings. The summed E-state index contributed by atoms with van der Waals surface area (Å²) in [6.45, 7) is 3.35. The molecule has 0 fully saturated rings. The van der Waals surface area contributed by atoms with Crippen LogP contribution >= 0.6 is 0 Å². The van der Waals surface area contributed by atoms with Gasteiger partial charge in [-0.05, 0) is 30.2 Å². The van der Waals surface area contributed by atoms with E-state index in [9.17, 15) is 14.4 Å². The number of para-hydroxylation sites is 1. The number of fused-ring (bicyclic) bond motifs is 2. The topological polar surface area (TPSA) is 117 Å². The van der Waals surface area contributed by atoms with Gasteiger partial charge in [-0.2, -0.15) is 5.10 Å². The largest absolute Gasteiger partial charge is 0.354 e. The van der Waals surface area contributed by atoms with Crippen molar-refractivity contribution < 1.29 is 4.79 Å². The van der Waals surface area contributed by atoms with E-state index in [4.69, 9.17) is 0 Å². The summed E-state index contributed by atoms with van der Waals surface area (Å²) in [5.74, 6) is -0.194. The lowest BCUT2D eigenvalue weighted by Gasteiger charge is -2.09. The summed E-state index contributed by atoms with van der Waals surface area (Å²) in [5, 5.41) is 8.07. The minimum absolute atomic E-state index is 0.141. The molecular formula is C26H25N7O3. The third kappa shape index (κ3) is 4.65. The fraction of sp³-hybridized carbons (Fsp3) is 0.231. The Bertz CT molecular complexity index is 1680. The lowest BCUT2D eigenvalue weighted by Crippen LogP contribution is -2.30. The van der Waals surface area contributed by atoms with E-state index in [1.54, 1.807) is 27.4 Å². The van der Waals surface area contributed by atoms with E-state index in [0.29, 0.717) is 41.6 Å². The number of carbonyl (C=O) groups excluding carboxylic acids is 1. The molecule has 0 radical (unpaired) electrons. The molecule has 1 amide bonds. The molecule has 0 atom stereocenters. The third-order valence-corrected chi connectivity index (χ3v) is 6.18. The monoisotopic (exact) mass is 483 g/mol. The van der Waals surface area contributed by atoms with Crippen molar-refractivity contribution in [3.63, 3.8) is 0 Å². The summed E-state index contributed by atoms with van der Waals surface area (Å²) in [4.78, 5) is 46.5. The Morgan fingerprint density at radius 1 is 0.889 bits per heavy atom. The molecule has 182 valence electrons. The van der Waals surface area contributed by atoms with E-state index in [-0.39, 0.29) is 30.0 Å². The fourth-order valence-corrected chi connectivity index (χ4v) is 4.12. The Morgan fingerprint density at radius 3 is 2.50 bits per heavy atom. The number of hydrogen-bond donors (Lipinski definition) is 1. The van der Waals surface area contributed by atoms with Gasteiger partial charge in [0.25, 0.3) is 11.1 Å². The van der Waals surface area contributed by atoms with Crippen LogP contribution in [0.3, 0.4) is 0 Å². The maximum atomic E-state index is 12.9. The molecule has 0 bridgehead atoms. The second kappa shape index (κ2) is 9.95. The SMILES string of the molecule is Cc1ccccc1Cn1cnc2c(cnn2CCNC(=O)CCn2cnc3ccccc3c2=O)c1=O. The molecule has 1 N–H and O–H groups in total. The lowest BCUT2D eigenvalue weighted by molar-refractivity contribution is -0.121. The summed E-state index contributed by atoms with van der Waals surface area (Å²) >= 11 is 0. The summed E-state index contributed by atoms with van der Waals surface area (Å²) in [6, 6.07) is 15.0. The van der Waals surface area contributed by atoms with Gasteiger partial charge in [-0.1, -0.05) is 36.4 Å². The van der Waals surface area contributed by atoms with Crippen molar-refractivity contribution in [2.75, 3.05) is 6.54 Å². The number of aryl methyl sites for hydroxylation is 2. The van der Waals surface area contributed by atoms with Crippen LogP contribution in [0, 0.1) is 6.92 Å². The first-order valence-corrected chi connectivity index (χ1v) is 11.7. The highest BCUT2D eigenvalue weighted by atomic mass is 16.2.